The van der Waals surface area contributed by atoms with Gasteiger partial charge in [0.2, 0.25) is 17.6 Å². The number of carbonyl (C=O) groups is 5. The number of ketones is 1. The fourth-order valence-electron chi connectivity index (χ4n) is 6.44. The van der Waals surface area contributed by atoms with Gasteiger partial charge in [0, 0.05) is 26.1 Å². The monoisotopic (exact) mass is 578 g/mol. The second-order valence-corrected chi connectivity index (χ2v) is 11.2. The normalized spacial score (nSPS) is 23.6. The van der Waals surface area contributed by atoms with Gasteiger partial charge in [-0.1, -0.05) is 30.7 Å². The highest BCUT2D eigenvalue weighted by Crippen LogP contribution is 2.42. The van der Waals surface area contributed by atoms with E-state index in [-0.39, 0.29) is 42.5 Å². The average Bonchev–Trinajstić information content (AvgIpc) is 3.72. The number of halogens is 1. The van der Waals surface area contributed by atoms with Crippen molar-refractivity contribution in [2.24, 2.45) is 17.8 Å². The van der Waals surface area contributed by atoms with Crippen molar-refractivity contribution in [3.8, 4) is 16.9 Å². The quantitative estimate of drug-likeness (QED) is 0.369. The molecule has 2 aromatic rings. The van der Waals surface area contributed by atoms with E-state index in [0.29, 0.717) is 25.3 Å². The number of likely N-dealkylation sites (tertiary alicyclic amines) is 1. The van der Waals surface area contributed by atoms with E-state index in [1.165, 1.54) is 24.1 Å². The Kier molecular flexibility index (Phi) is 8.84. The maximum atomic E-state index is 13.7. The fraction of sp³-hybridized carbons (Fsp3) is 0.452. The number of likely N-dealkylation sites (N-methyl/N-ethyl adjacent to an activating group) is 1. The molecular weight excluding hydrogens is 543 g/mol. The van der Waals surface area contributed by atoms with E-state index in [1.807, 2.05) is 12.1 Å². The van der Waals surface area contributed by atoms with E-state index >= 15 is 0 Å². The summed E-state index contributed by atoms with van der Waals surface area (Å²) in [5, 5.41) is 7.74. The summed E-state index contributed by atoms with van der Waals surface area (Å²) in [5.41, 5.74) is 1.71. The lowest BCUT2D eigenvalue weighted by atomic mass is 9.91. The Morgan fingerprint density at radius 3 is 2.36 bits per heavy atom. The van der Waals surface area contributed by atoms with Crippen molar-refractivity contribution >= 4 is 29.4 Å². The number of amides is 4. The first-order valence-electron chi connectivity index (χ1n) is 14.4. The van der Waals surface area contributed by atoms with Gasteiger partial charge in [-0.3, -0.25) is 24.0 Å². The van der Waals surface area contributed by atoms with Crippen LogP contribution < -0.4 is 20.7 Å². The van der Waals surface area contributed by atoms with Gasteiger partial charge >= 0.3 is 0 Å². The number of rotatable bonds is 10. The van der Waals surface area contributed by atoms with Crippen molar-refractivity contribution in [1.29, 1.82) is 0 Å². The van der Waals surface area contributed by atoms with Gasteiger partial charge in [-0.2, -0.15) is 0 Å². The summed E-state index contributed by atoms with van der Waals surface area (Å²) in [4.78, 5) is 65.9. The summed E-state index contributed by atoms with van der Waals surface area (Å²) < 4.78 is 19.0. The topological polar surface area (TPSA) is 134 Å². The fourth-order valence-corrected chi connectivity index (χ4v) is 6.44. The molecule has 1 aliphatic carbocycles. The number of hydrogen-bond acceptors (Lipinski definition) is 6. The molecule has 42 heavy (non-hydrogen) atoms. The van der Waals surface area contributed by atoms with Crippen LogP contribution in [0.2, 0.25) is 0 Å². The van der Waals surface area contributed by atoms with Crippen molar-refractivity contribution in [2.45, 2.75) is 44.2 Å². The molecular formula is C31H35FN4O6. The van der Waals surface area contributed by atoms with E-state index in [0.717, 1.165) is 30.4 Å². The lowest BCUT2D eigenvalue weighted by molar-refractivity contribution is -0.143. The van der Waals surface area contributed by atoms with E-state index in [2.05, 4.69) is 16.0 Å². The van der Waals surface area contributed by atoms with E-state index in [9.17, 15) is 28.4 Å². The van der Waals surface area contributed by atoms with Crippen LogP contribution in [-0.4, -0.2) is 73.1 Å². The summed E-state index contributed by atoms with van der Waals surface area (Å²) in [7, 11) is 1.33. The Labute approximate surface area is 243 Å². The van der Waals surface area contributed by atoms with Gasteiger partial charge in [0.05, 0.1) is 6.04 Å². The van der Waals surface area contributed by atoms with Crippen molar-refractivity contribution in [1.82, 2.24) is 20.9 Å². The smallest absolute Gasteiger partial charge is 0.289 e. The third kappa shape index (κ3) is 6.29. The molecule has 2 heterocycles. The first-order valence-corrected chi connectivity index (χ1v) is 14.4. The maximum Gasteiger partial charge on any atom is 0.289 e. The summed E-state index contributed by atoms with van der Waals surface area (Å²) in [6.45, 7) is 0.609. The molecule has 4 amide bonds. The van der Waals surface area contributed by atoms with Crippen molar-refractivity contribution < 1.29 is 33.1 Å². The van der Waals surface area contributed by atoms with Crippen molar-refractivity contribution in [3.05, 3.63) is 54.3 Å². The third-order valence-electron chi connectivity index (χ3n) is 8.64. The number of nitrogens with zero attached hydrogens (tertiary/aromatic N) is 1. The Balaban J connectivity index is 1.26. The highest BCUT2D eigenvalue weighted by molar-refractivity contribution is 6.38. The Morgan fingerprint density at radius 2 is 1.71 bits per heavy atom. The molecule has 5 rings (SSSR count). The minimum Gasteiger partial charge on any atom is -0.484 e. The van der Waals surface area contributed by atoms with Gasteiger partial charge in [0.15, 0.2) is 6.61 Å². The van der Waals surface area contributed by atoms with Crippen LogP contribution in [0.1, 0.15) is 32.1 Å². The first-order chi connectivity index (χ1) is 20.2. The molecule has 0 bridgehead atoms. The minimum absolute atomic E-state index is 0.00954. The summed E-state index contributed by atoms with van der Waals surface area (Å²) in [6.07, 6.45) is 3.13. The van der Waals surface area contributed by atoms with Crippen LogP contribution in [0.25, 0.3) is 11.1 Å². The molecule has 3 N–H and O–H groups in total. The molecule has 0 aromatic heterocycles. The van der Waals surface area contributed by atoms with Crippen LogP contribution in [0.3, 0.4) is 0 Å². The summed E-state index contributed by atoms with van der Waals surface area (Å²) in [6, 6.07) is 11.2. The molecule has 0 unspecified atom stereocenters. The van der Waals surface area contributed by atoms with Crippen LogP contribution in [0.5, 0.6) is 5.75 Å². The molecule has 1 saturated carbocycles. The van der Waals surface area contributed by atoms with E-state index in [4.69, 9.17) is 4.74 Å². The predicted molar refractivity (Wildman–Crippen MR) is 150 cm³/mol. The summed E-state index contributed by atoms with van der Waals surface area (Å²) >= 11 is 0. The molecule has 11 heteroatoms. The van der Waals surface area contributed by atoms with Crippen LogP contribution >= 0.6 is 0 Å². The first kappa shape index (κ1) is 29.2. The molecule has 5 atom stereocenters. The van der Waals surface area contributed by atoms with Gasteiger partial charge in [-0.25, -0.2) is 4.39 Å². The maximum absolute atomic E-state index is 13.7. The molecule has 0 radical (unpaired) electrons. The molecule has 10 nitrogen and oxygen atoms in total. The number of nitrogens with one attached hydrogen (secondary N) is 3. The molecule has 2 aromatic carbocycles. The standard InChI is InChI=1S/C31H35FN4O6/c1-33-31(41)28(38)25(15-20-13-14-34-29(20)39)35-30(40)27-24-4-2-3-21(24)16-36(27)26(37)17-42-23-11-7-19(8-12-23)18-5-9-22(32)10-6-18/h5-12,20-21,24-25,27H,2-4,13-17H2,1H3,(H,33,41)(H,34,39)(H,35,40)/t20-,21-,24-,25-,27-/m0/s1. The van der Waals surface area contributed by atoms with Gasteiger partial charge in [-0.05, 0) is 72.9 Å². The zero-order valence-corrected chi connectivity index (χ0v) is 23.4. The molecule has 0 spiro atoms. The average molecular weight is 579 g/mol. The van der Waals surface area contributed by atoms with E-state index < -0.39 is 35.6 Å². The third-order valence-corrected chi connectivity index (χ3v) is 8.64. The number of fused-ring (bicyclic) bond motifs is 1. The zero-order valence-electron chi connectivity index (χ0n) is 23.4. The Morgan fingerprint density at radius 1 is 1.02 bits per heavy atom. The minimum atomic E-state index is -1.18. The molecule has 3 fully saturated rings. The van der Waals surface area contributed by atoms with Gasteiger partial charge in [0.25, 0.3) is 11.8 Å². The summed E-state index contributed by atoms with van der Waals surface area (Å²) in [5.74, 6) is -2.97. The van der Waals surface area contributed by atoms with Gasteiger partial charge < -0.3 is 25.6 Å². The number of carbonyl (C=O) groups excluding carboxylic acids is 5. The number of benzene rings is 2. The number of Topliss-reactive ketones (excluding diaryl/α,β-unsaturated/α-hetero) is 1. The molecule has 2 aliphatic heterocycles. The lowest BCUT2D eigenvalue weighted by Crippen LogP contribution is -2.55. The Bertz CT molecular complexity index is 1350. The van der Waals surface area contributed by atoms with Crippen LogP contribution in [0.4, 0.5) is 4.39 Å². The van der Waals surface area contributed by atoms with Gasteiger partial charge in [-0.15, -0.1) is 0 Å². The Hall–Kier alpha value is -4.28. The van der Waals surface area contributed by atoms with Crippen LogP contribution in [0.15, 0.2) is 48.5 Å². The largest absolute Gasteiger partial charge is 0.484 e. The molecule has 3 aliphatic rings. The van der Waals surface area contributed by atoms with Crippen molar-refractivity contribution in [3.63, 3.8) is 0 Å². The SMILES string of the molecule is CNC(=O)C(=O)[C@H](C[C@@H]1CCNC1=O)NC(=O)[C@@H]1[C@H]2CCC[C@H]2CN1C(=O)COc1ccc(-c2ccc(F)cc2)cc1. The highest BCUT2D eigenvalue weighted by atomic mass is 19.1. The van der Waals surface area contributed by atoms with Crippen LogP contribution in [0, 0.1) is 23.6 Å². The second-order valence-electron chi connectivity index (χ2n) is 11.2. The van der Waals surface area contributed by atoms with E-state index in [1.54, 1.807) is 24.3 Å². The second kappa shape index (κ2) is 12.7. The predicted octanol–water partition coefficient (Wildman–Crippen LogP) is 1.82. The number of ether oxygens (including phenoxy) is 1. The molecule has 2 saturated heterocycles. The molecule has 222 valence electrons. The van der Waals surface area contributed by atoms with Gasteiger partial charge in [0.1, 0.15) is 17.6 Å². The highest BCUT2D eigenvalue weighted by Gasteiger charge is 2.50. The number of hydrogen-bond donors (Lipinski definition) is 3. The van der Waals surface area contributed by atoms with Crippen LogP contribution in [-0.2, 0) is 24.0 Å². The zero-order chi connectivity index (χ0) is 29.8. The lowest BCUT2D eigenvalue weighted by Gasteiger charge is -2.29. The van der Waals surface area contributed by atoms with Crippen molar-refractivity contribution in [2.75, 3.05) is 26.7 Å².